The van der Waals surface area contributed by atoms with Gasteiger partial charge >= 0.3 is 0 Å². The lowest BCUT2D eigenvalue weighted by molar-refractivity contribution is 1.23. The molecule has 0 amide bonds. The Hall–Kier alpha value is -1.45. The molecule has 0 aliphatic rings. The molecule has 0 spiro atoms. The molecule has 0 aromatic carbocycles. The Kier molecular flexibility index (Phi) is 3.19. The number of hydrogen-bond donors (Lipinski definition) is 1. The Labute approximate surface area is 76.7 Å². The third-order valence-electron chi connectivity index (χ3n) is 1.16. The number of rotatable bonds is 0. The van der Waals surface area contributed by atoms with Crippen LogP contribution in [0.15, 0.2) is 18.2 Å². The van der Waals surface area contributed by atoms with Crippen LogP contribution in [0.25, 0.3) is 0 Å². The molecule has 1 aromatic rings. The SMILES string of the molecule is N#Cc1cccc(C#CCS)n1. The molecule has 0 fully saturated rings. The second kappa shape index (κ2) is 4.43. The summed E-state index contributed by atoms with van der Waals surface area (Å²) in [6.07, 6.45) is 0. The average molecular weight is 174 g/mol. The van der Waals surface area contributed by atoms with Crippen molar-refractivity contribution in [2.75, 3.05) is 5.75 Å². The number of nitrogens with zero attached hydrogens (tertiary/aromatic N) is 2. The van der Waals surface area contributed by atoms with Crippen molar-refractivity contribution in [3.05, 3.63) is 29.6 Å². The van der Waals surface area contributed by atoms with Crippen LogP contribution in [0.2, 0.25) is 0 Å². The fourth-order valence-corrected chi connectivity index (χ4v) is 0.776. The number of thiol groups is 1. The summed E-state index contributed by atoms with van der Waals surface area (Å²) in [7, 11) is 0. The molecular weight excluding hydrogens is 168 g/mol. The van der Waals surface area contributed by atoms with Gasteiger partial charge in [0.15, 0.2) is 0 Å². The summed E-state index contributed by atoms with van der Waals surface area (Å²) in [5, 5.41) is 8.51. The van der Waals surface area contributed by atoms with E-state index in [4.69, 9.17) is 5.26 Å². The highest BCUT2D eigenvalue weighted by molar-refractivity contribution is 7.80. The second-order valence-electron chi connectivity index (χ2n) is 1.98. The zero-order valence-electron chi connectivity index (χ0n) is 6.28. The van der Waals surface area contributed by atoms with E-state index in [1.54, 1.807) is 18.2 Å². The summed E-state index contributed by atoms with van der Waals surface area (Å²) in [5.41, 5.74) is 1.00. The molecule has 1 rings (SSSR count). The van der Waals surface area contributed by atoms with E-state index < -0.39 is 0 Å². The summed E-state index contributed by atoms with van der Waals surface area (Å²) in [5.74, 6) is 6.04. The Morgan fingerprint density at radius 1 is 1.42 bits per heavy atom. The maximum Gasteiger partial charge on any atom is 0.141 e. The Morgan fingerprint density at radius 3 is 2.83 bits per heavy atom. The third-order valence-corrected chi connectivity index (χ3v) is 1.32. The largest absolute Gasteiger partial charge is 0.229 e. The van der Waals surface area contributed by atoms with E-state index in [2.05, 4.69) is 29.5 Å². The molecule has 0 radical (unpaired) electrons. The third kappa shape index (κ3) is 2.30. The topological polar surface area (TPSA) is 36.7 Å². The number of aromatic nitrogens is 1. The van der Waals surface area contributed by atoms with Crippen molar-refractivity contribution in [1.82, 2.24) is 4.98 Å². The van der Waals surface area contributed by atoms with E-state index in [1.807, 2.05) is 6.07 Å². The first-order chi connectivity index (χ1) is 5.86. The van der Waals surface area contributed by atoms with Gasteiger partial charge in [0.1, 0.15) is 17.5 Å². The summed E-state index contributed by atoms with van der Waals surface area (Å²) in [6, 6.07) is 7.11. The van der Waals surface area contributed by atoms with Gasteiger partial charge in [0.05, 0.1) is 5.75 Å². The van der Waals surface area contributed by atoms with Crippen molar-refractivity contribution in [3.8, 4) is 17.9 Å². The molecule has 0 atom stereocenters. The minimum Gasteiger partial charge on any atom is -0.229 e. The Balaban J connectivity index is 2.96. The predicted octanol–water partition coefficient (Wildman–Crippen LogP) is 1.23. The molecule has 0 N–H and O–H groups in total. The summed E-state index contributed by atoms with van der Waals surface area (Å²) in [6.45, 7) is 0. The van der Waals surface area contributed by atoms with Crippen LogP contribution in [0, 0.1) is 23.2 Å². The van der Waals surface area contributed by atoms with Crippen molar-refractivity contribution < 1.29 is 0 Å². The first-order valence-corrected chi connectivity index (χ1v) is 3.97. The van der Waals surface area contributed by atoms with Gasteiger partial charge in [-0.15, -0.1) is 0 Å². The molecule has 0 aliphatic heterocycles. The van der Waals surface area contributed by atoms with Gasteiger partial charge in [0.25, 0.3) is 0 Å². The molecule has 3 heteroatoms. The Bertz CT molecular complexity index is 368. The highest BCUT2D eigenvalue weighted by Gasteiger charge is 1.90. The minimum absolute atomic E-state index is 0.390. The standard InChI is InChI=1S/C9H6N2S/c10-7-9-4-1-3-8(11-9)5-2-6-12/h1,3-4,12H,6H2. The number of pyridine rings is 1. The van der Waals surface area contributed by atoms with Crippen molar-refractivity contribution in [1.29, 1.82) is 5.26 Å². The van der Waals surface area contributed by atoms with Crippen LogP contribution in [0.1, 0.15) is 11.4 Å². The summed E-state index contributed by atoms with van der Waals surface area (Å²) in [4.78, 5) is 3.96. The lowest BCUT2D eigenvalue weighted by Gasteiger charge is -1.88. The zero-order valence-corrected chi connectivity index (χ0v) is 7.18. The van der Waals surface area contributed by atoms with E-state index in [1.165, 1.54) is 0 Å². The lowest BCUT2D eigenvalue weighted by Crippen LogP contribution is -1.85. The molecule has 2 nitrogen and oxygen atoms in total. The highest BCUT2D eigenvalue weighted by Crippen LogP contribution is 1.95. The van der Waals surface area contributed by atoms with Crippen LogP contribution in [0.3, 0.4) is 0 Å². The maximum atomic E-state index is 8.51. The molecular formula is C9H6N2S. The normalized spacial score (nSPS) is 8.00. The van der Waals surface area contributed by atoms with Gasteiger partial charge in [-0.2, -0.15) is 17.9 Å². The van der Waals surface area contributed by atoms with Crippen molar-refractivity contribution in [2.24, 2.45) is 0 Å². The monoisotopic (exact) mass is 174 g/mol. The van der Waals surface area contributed by atoms with Crippen LogP contribution >= 0.6 is 12.6 Å². The Morgan fingerprint density at radius 2 is 2.17 bits per heavy atom. The first-order valence-electron chi connectivity index (χ1n) is 3.33. The van der Waals surface area contributed by atoms with E-state index in [-0.39, 0.29) is 0 Å². The van der Waals surface area contributed by atoms with Gasteiger partial charge < -0.3 is 0 Å². The van der Waals surface area contributed by atoms with E-state index in [0.29, 0.717) is 17.1 Å². The summed E-state index contributed by atoms with van der Waals surface area (Å²) < 4.78 is 0. The van der Waals surface area contributed by atoms with Crippen molar-refractivity contribution in [3.63, 3.8) is 0 Å². The van der Waals surface area contributed by atoms with E-state index >= 15 is 0 Å². The van der Waals surface area contributed by atoms with Gasteiger partial charge in [-0.1, -0.05) is 12.0 Å². The van der Waals surface area contributed by atoms with Crippen LogP contribution in [0.5, 0.6) is 0 Å². The van der Waals surface area contributed by atoms with Gasteiger partial charge in [-0.25, -0.2) is 4.98 Å². The molecule has 0 unspecified atom stereocenters. The smallest absolute Gasteiger partial charge is 0.141 e. The number of nitriles is 1. The minimum atomic E-state index is 0.390. The molecule has 58 valence electrons. The quantitative estimate of drug-likeness (QED) is 0.474. The first kappa shape index (κ1) is 8.64. The molecule has 1 heterocycles. The van der Waals surface area contributed by atoms with Gasteiger partial charge in [-0.3, -0.25) is 0 Å². The molecule has 1 aromatic heterocycles. The molecule has 12 heavy (non-hydrogen) atoms. The van der Waals surface area contributed by atoms with Crippen molar-refractivity contribution in [2.45, 2.75) is 0 Å². The predicted molar refractivity (Wildman–Crippen MR) is 49.7 cm³/mol. The highest BCUT2D eigenvalue weighted by atomic mass is 32.1. The second-order valence-corrected chi connectivity index (χ2v) is 2.30. The molecule has 0 aliphatic carbocycles. The van der Waals surface area contributed by atoms with Gasteiger partial charge in [-0.05, 0) is 18.1 Å². The van der Waals surface area contributed by atoms with Crippen LogP contribution in [-0.4, -0.2) is 10.7 Å². The van der Waals surface area contributed by atoms with Crippen LogP contribution in [0.4, 0.5) is 0 Å². The van der Waals surface area contributed by atoms with Crippen LogP contribution in [-0.2, 0) is 0 Å². The van der Waals surface area contributed by atoms with Gasteiger partial charge in [0, 0.05) is 0 Å². The van der Waals surface area contributed by atoms with E-state index in [9.17, 15) is 0 Å². The molecule has 0 bridgehead atoms. The fraction of sp³-hybridized carbons (Fsp3) is 0.111. The van der Waals surface area contributed by atoms with Crippen molar-refractivity contribution >= 4 is 12.6 Å². The molecule has 0 saturated heterocycles. The summed E-state index contributed by atoms with van der Waals surface area (Å²) >= 11 is 3.93. The maximum absolute atomic E-state index is 8.51. The zero-order chi connectivity index (χ0) is 8.81. The number of hydrogen-bond acceptors (Lipinski definition) is 3. The average Bonchev–Trinajstić information content (AvgIpc) is 2.15. The fourth-order valence-electron chi connectivity index (χ4n) is 0.697. The molecule has 0 saturated carbocycles. The van der Waals surface area contributed by atoms with Crippen LogP contribution < -0.4 is 0 Å². The van der Waals surface area contributed by atoms with Gasteiger partial charge in [0.2, 0.25) is 0 Å². The lowest BCUT2D eigenvalue weighted by atomic mass is 10.3. The van der Waals surface area contributed by atoms with E-state index in [0.717, 1.165) is 0 Å².